The van der Waals surface area contributed by atoms with Crippen LogP contribution < -0.4 is 5.43 Å². The van der Waals surface area contributed by atoms with Crippen molar-refractivity contribution in [1.82, 2.24) is 10.4 Å². The summed E-state index contributed by atoms with van der Waals surface area (Å²) in [4.78, 5) is 25.5. The zero-order valence-corrected chi connectivity index (χ0v) is 17.3. The van der Waals surface area contributed by atoms with E-state index in [2.05, 4.69) is 5.43 Å². The Hall–Kier alpha value is -1.46. The molecule has 2 aromatic carbocycles. The normalized spacial score (nSPS) is 11.2. The Labute approximate surface area is 171 Å². The van der Waals surface area contributed by atoms with Crippen LogP contribution in [-0.2, 0) is 0 Å². The average Bonchev–Trinajstić information content (AvgIpc) is 2.55. The Morgan fingerprint density at radius 1 is 0.808 bits per heavy atom. The first-order valence-electron chi connectivity index (χ1n) is 7.56. The molecular formula is C18H16Cl4N2O2. The predicted molar refractivity (Wildman–Crippen MR) is 106 cm³/mol. The minimum atomic E-state index is -0.699. The van der Waals surface area contributed by atoms with E-state index in [1.165, 1.54) is 35.3 Å². The minimum Gasteiger partial charge on any atom is -0.267 e. The molecule has 0 unspecified atom stereocenters. The van der Waals surface area contributed by atoms with Gasteiger partial charge in [0.25, 0.3) is 11.8 Å². The van der Waals surface area contributed by atoms with E-state index in [0.29, 0.717) is 15.6 Å². The van der Waals surface area contributed by atoms with Crippen LogP contribution in [0.25, 0.3) is 0 Å². The number of rotatable bonds is 2. The quantitative estimate of drug-likeness (QED) is 0.600. The van der Waals surface area contributed by atoms with Crippen LogP contribution in [0.3, 0.4) is 0 Å². The second kappa shape index (κ2) is 8.05. The number of carbonyl (C=O) groups is 2. The highest BCUT2D eigenvalue weighted by atomic mass is 35.5. The van der Waals surface area contributed by atoms with Crippen LogP contribution in [0.4, 0.5) is 0 Å². The van der Waals surface area contributed by atoms with E-state index in [1.807, 2.05) is 0 Å². The van der Waals surface area contributed by atoms with E-state index in [4.69, 9.17) is 46.4 Å². The molecule has 0 aliphatic carbocycles. The fraction of sp³-hybridized carbons (Fsp3) is 0.222. The molecule has 8 heteroatoms. The lowest BCUT2D eigenvalue weighted by molar-refractivity contribution is 0.0358. The van der Waals surface area contributed by atoms with E-state index >= 15 is 0 Å². The molecule has 0 bridgehead atoms. The zero-order chi connectivity index (χ0) is 19.6. The topological polar surface area (TPSA) is 49.4 Å². The zero-order valence-electron chi connectivity index (χ0n) is 14.2. The van der Waals surface area contributed by atoms with Gasteiger partial charge in [-0.2, -0.15) is 0 Å². The van der Waals surface area contributed by atoms with Gasteiger partial charge in [0, 0.05) is 11.1 Å². The summed E-state index contributed by atoms with van der Waals surface area (Å²) in [6.07, 6.45) is 0. The number of carbonyl (C=O) groups excluding carboxylic acids is 2. The van der Waals surface area contributed by atoms with Gasteiger partial charge in [0.15, 0.2) is 0 Å². The molecule has 2 rings (SSSR count). The number of benzene rings is 2. The SMILES string of the molecule is CC(C)(C)N(NC(=O)c1ccc(Cl)c(Cl)c1)C(=O)c1ccc(Cl)c(Cl)c1. The number of nitrogens with one attached hydrogen (secondary N) is 1. The van der Waals surface area contributed by atoms with E-state index in [9.17, 15) is 9.59 Å². The van der Waals surface area contributed by atoms with Crippen molar-refractivity contribution in [3.63, 3.8) is 0 Å². The first kappa shape index (κ1) is 20.8. The number of nitrogens with zero attached hydrogens (tertiary/aromatic N) is 1. The summed E-state index contributed by atoms with van der Waals surface area (Å²) in [6.45, 7) is 5.37. The van der Waals surface area contributed by atoms with Gasteiger partial charge in [-0.3, -0.25) is 15.0 Å². The van der Waals surface area contributed by atoms with Gasteiger partial charge in [-0.15, -0.1) is 0 Å². The van der Waals surface area contributed by atoms with Crippen LogP contribution in [0.15, 0.2) is 36.4 Å². The third kappa shape index (κ3) is 4.83. The van der Waals surface area contributed by atoms with Crippen LogP contribution in [0.2, 0.25) is 20.1 Å². The van der Waals surface area contributed by atoms with Gasteiger partial charge in [-0.25, -0.2) is 5.01 Å². The Bertz CT molecular complexity index is 863. The lowest BCUT2D eigenvalue weighted by atomic mass is 10.1. The summed E-state index contributed by atoms with van der Waals surface area (Å²) in [5, 5.41) is 2.41. The smallest absolute Gasteiger partial charge is 0.267 e. The summed E-state index contributed by atoms with van der Waals surface area (Å²) in [5.74, 6) is -0.920. The highest BCUT2D eigenvalue weighted by molar-refractivity contribution is 6.42. The lowest BCUT2D eigenvalue weighted by Crippen LogP contribution is -2.55. The number of hydrazine groups is 1. The summed E-state index contributed by atoms with van der Waals surface area (Å²) in [6, 6.07) is 8.99. The molecule has 0 heterocycles. The Balaban J connectivity index is 2.32. The molecule has 0 radical (unpaired) electrons. The van der Waals surface area contributed by atoms with Gasteiger partial charge in [-0.1, -0.05) is 46.4 Å². The van der Waals surface area contributed by atoms with E-state index in [0.717, 1.165) is 0 Å². The number of halogens is 4. The molecule has 2 amide bonds. The molecule has 0 spiro atoms. The van der Waals surface area contributed by atoms with E-state index in [-0.39, 0.29) is 15.6 Å². The molecule has 0 atom stereocenters. The van der Waals surface area contributed by atoms with Gasteiger partial charge in [0.1, 0.15) is 0 Å². The van der Waals surface area contributed by atoms with Crippen molar-refractivity contribution in [2.24, 2.45) is 0 Å². The molecule has 1 N–H and O–H groups in total. The Morgan fingerprint density at radius 3 is 1.73 bits per heavy atom. The fourth-order valence-corrected chi connectivity index (χ4v) is 2.68. The number of amides is 2. The van der Waals surface area contributed by atoms with Crippen molar-refractivity contribution in [3.05, 3.63) is 67.6 Å². The first-order chi connectivity index (χ1) is 12.0. The second-order valence-corrected chi connectivity index (χ2v) is 8.14. The second-order valence-electron chi connectivity index (χ2n) is 6.51. The average molecular weight is 434 g/mol. The van der Waals surface area contributed by atoms with Crippen LogP contribution >= 0.6 is 46.4 Å². The van der Waals surface area contributed by atoms with E-state index < -0.39 is 17.4 Å². The van der Waals surface area contributed by atoms with Crippen molar-refractivity contribution in [2.75, 3.05) is 0 Å². The van der Waals surface area contributed by atoms with Gasteiger partial charge >= 0.3 is 0 Å². The van der Waals surface area contributed by atoms with Gasteiger partial charge < -0.3 is 0 Å². The van der Waals surface area contributed by atoms with Gasteiger partial charge in [0.2, 0.25) is 0 Å². The highest BCUT2D eigenvalue weighted by Crippen LogP contribution is 2.25. The maximum atomic E-state index is 12.9. The summed E-state index contributed by atoms with van der Waals surface area (Å²) < 4.78 is 0. The van der Waals surface area contributed by atoms with Crippen molar-refractivity contribution in [1.29, 1.82) is 0 Å². The molecule has 0 fully saturated rings. The molecule has 0 aliphatic heterocycles. The standard InChI is InChI=1S/C18H16Cl4N2O2/c1-18(2,3)24(17(26)11-5-7-13(20)15(22)9-11)23-16(25)10-4-6-12(19)14(21)8-10/h4-9H,1-3H3,(H,23,25). The van der Waals surface area contributed by atoms with Crippen molar-refractivity contribution < 1.29 is 9.59 Å². The van der Waals surface area contributed by atoms with Crippen molar-refractivity contribution in [3.8, 4) is 0 Å². The lowest BCUT2D eigenvalue weighted by Gasteiger charge is -2.35. The molecular weight excluding hydrogens is 418 g/mol. The highest BCUT2D eigenvalue weighted by Gasteiger charge is 2.30. The number of hydrogen-bond acceptors (Lipinski definition) is 2. The van der Waals surface area contributed by atoms with Crippen LogP contribution in [-0.4, -0.2) is 22.4 Å². The maximum Gasteiger partial charge on any atom is 0.272 e. The first-order valence-corrected chi connectivity index (χ1v) is 9.07. The monoisotopic (exact) mass is 432 g/mol. The van der Waals surface area contributed by atoms with Crippen molar-refractivity contribution >= 4 is 58.2 Å². The molecule has 0 saturated heterocycles. The Kier molecular flexibility index (Phi) is 6.46. The molecule has 0 aliphatic rings. The van der Waals surface area contributed by atoms with Crippen LogP contribution in [0, 0.1) is 0 Å². The summed E-state index contributed by atoms with van der Waals surface area (Å²) in [7, 11) is 0. The summed E-state index contributed by atoms with van der Waals surface area (Å²) >= 11 is 23.7. The predicted octanol–water partition coefficient (Wildman–Crippen LogP) is 5.89. The molecule has 2 aromatic rings. The minimum absolute atomic E-state index is 0.248. The largest absolute Gasteiger partial charge is 0.272 e. The molecule has 4 nitrogen and oxygen atoms in total. The van der Waals surface area contributed by atoms with Crippen LogP contribution in [0.5, 0.6) is 0 Å². The van der Waals surface area contributed by atoms with Gasteiger partial charge in [0.05, 0.1) is 25.6 Å². The molecule has 0 saturated carbocycles. The summed E-state index contributed by atoms with van der Waals surface area (Å²) in [5.41, 5.74) is 2.49. The Morgan fingerprint density at radius 2 is 1.27 bits per heavy atom. The van der Waals surface area contributed by atoms with Crippen molar-refractivity contribution in [2.45, 2.75) is 26.3 Å². The van der Waals surface area contributed by atoms with E-state index in [1.54, 1.807) is 26.8 Å². The molecule has 0 aromatic heterocycles. The number of hydrogen-bond donors (Lipinski definition) is 1. The molecule has 26 heavy (non-hydrogen) atoms. The van der Waals surface area contributed by atoms with Gasteiger partial charge in [-0.05, 0) is 57.2 Å². The molecule has 138 valence electrons. The third-order valence-corrected chi connectivity index (χ3v) is 4.91. The maximum absolute atomic E-state index is 12.9. The fourth-order valence-electron chi connectivity index (χ4n) is 2.08. The third-order valence-electron chi connectivity index (χ3n) is 3.44. The van der Waals surface area contributed by atoms with Crippen LogP contribution in [0.1, 0.15) is 41.5 Å².